The van der Waals surface area contributed by atoms with E-state index in [2.05, 4.69) is 10.6 Å². The van der Waals surface area contributed by atoms with Gasteiger partial charge in [0.1, 0.15) is 5.84 Å². The van der Waals surface area contributed by atoms with Crippen LogP contribution >= 0.6 is 12.4 Å². The summed E-state index contributed by atoms with van der Waals surface area (Å²) >= 11 is 0. The summed E-state index contributed by atoms with van der Waals surface area (Å²) in [4.78, 5) is 39.3. The Morgan fingerprint density at radius 2 is 1.94 bits per heavy atom. The highest BCUT2D eigenvalue weighted by Crippen LogP contribution is 2.39. The van der Waals surface area contributed by atoms with Crippen LogP contribution < -0.4 is 21.3 Å². The number of ether oxygens (including phenoxy) is 1. The van der Waals surface area contributed by atoms with Crippen LogP contribution in [0.4, 0.5) is 17.1 Å². The first-order valence-electron chi connectivity index (χ1n) is 10.4. The number of benzene rings is 2. The number of amides is 3. The summed E-state index contributed by atoms with van der Waals surface area (Å²) in [7, 11) is 0. The number of nitrogens with two attached hydrogens (primary N) is 1. The highest BCUT2D eigenvalue weighted by Gasteiger charge is 2.42. The summed E-state index contributed by atoms with van der Waals surface area (Å²) in [6, 6.07) is 11.4. The first-order valence-corrected chi connectivity index (χ1v) is 10.4. The van der Waals surface area contributed by atoms with Crippen LogP contribution in [0, 0.1) is 5.41 Å². The van der Waals surface area contributed by atoms with Crippen molar-refractivity contribution in [2.45, 2.75) is 31.5 Å². The number of nitrogens with one attached hydrogen (secondary N) is 3. The molecule has 2 aromatic rings. The second kappa shape index (κ2) is 9.41. The number of carbonyl (C=O) groups excluding carboxylic acids is 3. The molecular weight excluding hydrogens is 462 g/mol. The molecule has 180 valence electrons. The first-order chi connectivity index (χ1) is 15.6. The molecule has 2 aromatic carbocycles. The zero-order valence-electron chi connectivity index (χ0n) is 18.6. The van der Waals surface area contributed by atoms with Crippen molar-refractivity contribution >= 4 is 53.0 Å². The number of carbonyl (C=O) groups is 3. The van der Waals surface area contributed by atoms with Gasteiger partial charge in [0, 0.05) is 29.2 Å². The van der Waals surface area contributed by atoms with E-state index in [0.717, 1.165) is 5.56 Å². The summed E-state index contributed by atoms with van der Waals surface area (Å²) in [5, 5.41) is 23.3. The number of fused-ring (bicyclic) bond motifs is 1. The Labute approximate surface area is 202 Å². The molecule has 0 aromatic heterocycles. The second-order valence-corrected chi connectivity index (χ2v) is 8.52. The van der Waals surface area contributed by atoms with Crippen molar-refractivity contribution in [1.82, 2.24) is 0 Å². The average Bonchev–Trinajstić information content (AvgIpc) is 3.01. The predicted molar refractivity (Wildman–Crippen MR) is 130 cm³/mol. The third kappa shape index (κ3) is 4.47. The van der Waals surface area contributed by atoms with Gasteiger partial charge in [-0.25, -0.2) is 0 Å². The Hall–Kier alpha value is -3.47. The van der Waals surface area contributed by atoms with E-state index in [4.69, 9.17) is 15.9 Å². The lowest BCUT2D eigenvalue weighted by molar-refractivity contribution is -0.150. The van der Waals surface area contributed by atoms with Crippen molar-refractivity contribution in [3.05, 3.63) is 53.6 Å². The molecule has 0 radical (unpaired) electrons. The van der Waals surface area contributed by atoms with Gasteiger partial charge in [0.15, 0.2) is 12.2 Å². The van der Waals surface area contributed by atoms with Crippen molar-refractivity contribution in [1.29, 1.82) is 5.41 Å². The highest BCUT2D eigenvalue weighted by molar-refractivity contribution is 6.07. The van der Waals surface area contributed by atoms with E-state index in [0.29, 0.717) is 22.6 Å². The Balaban J connectivity index is 0.00000324. The Bertz CT molecular complexity index is 1150. The standard InChI is InChI=1S/C23H25N5O5.ClH/c1-23(2)15-11-14(7-8-16(15)27-22(23)32)28-9-10-33-18(21(28)31)17(29)20(30)26-13-5-3-12(4-6-13)19(24)25;/h3-8,11,17-18,29H,9-10H2,1-2H3,(H3,24,25)(H,26,30)(H,27,32);1H/t17?,18-;/m1./s1. The van der Waals surface area contributed by atoms with E-state index in [1.165, 1.54) is 4.90 Å². The Morgan fingerprint density at radius 1 is 1.26 bits per heavy atom. The van der Waals surface area contributed by atoms with Crippen LogP contribution in [0.15, 0.2) is 42.5 Å². The second-order valence-electron chi connectivity index (χ2n) is 8.52. The van der Waals surface area contributed by atoms with Crippen molar-refractivity contribution in [2.75, 3.05) is 28.7 Å². The molecule has 1 unspecified atom stereocenters. The predicted octanol–water partition coefficient (Wildman–Crippen LogP) is 1.35. The topological polar surface area (TPSA) is 158 Å². The maximum absolute atomic E-state index is 13.1. The lowest BCUT2D eigenvalue weighted by atomic mass is 9.86. The maximum atomic E-state index is 13.1. The molecule has 1 fully saturated rings. The summed E-state index contributed by atoms with van der Waals surface area (Å²) in [5.41, 5.74) is 7.57. The summed E-state index contributed by atoms with van der Waals surface area (Å²) < 4.78 is 5.45. The molecule has 2 aliphatic rings. The molecule has 2 heterocycles. The van der Waals surface area contributed by atoms with Crippen LogP contribution in [0.2, 0.25) is 0 Å². The maximum Gasteiger partial charge on any atom is 0.259 e. The van der Waals surface area contributed by atoms with Crippen molar-refractivity contribution in [3.63, 3.8) is 0 Å². The van der Waals surface area contributed by atoms with Gasteiger partial charge in [0.2, 0.25) is 5.91 Å². The number of morpholine rings is 1. The number of nitrogens with zero attached hydrogens (tertiary/aromatic N) is 1. The zero-order valence-corrected chi connectivity index (χ0v) is 19.4. The van der Waals surface area contributed by atoms with Gasteiger partial charge < -0.3 is 31.1 Å². The minimum atomic E-state index is -1.73. The molecular formula is C23H26ClN5O5. The third-order valence-corrected chi connectivity index (χ3v) is 5.94. The molecule has 2 atom stereocenters. The minimum absolute atomic E-state index is 0. The number of hydrogen-bond acceptors (Lipinski definition) is 6. The van der Waals surface area contributed by atoms with Crippen molar-refractivity contribution in [2.24, 2.45) is 5.73 Å². The number of hydrogen-bond donors (Lipinski definition) is 5. The summed E-state index contributed by atoms with van der Waals surface area (Å²) in [5.74, 6) is -1.57. The molecule has 34 heavy (non-hydrogen) atoms. The quantitative estimate of drug-likeness (QED) is 0.316. The smallest absolute Gasteiger partial charge is 0.259 e. The molecule has 0 saturated carbocycles. The fraction of sp³-hybridized carbons (Fsp3) is 0.304. The van der Waals surface area contributed by atoms with E-state index in [1.54, 1.807) is 56.3 Å². The third-order valence-electron chi connectivity index (χ3n) is 5.94. The fourth-order valence-electron chi connectivity index (χ4n) is 3.90. The average molecular weight is 488 g/mol. The lowest BCUT2D eigenvalue weighted by Gasteiger charge is -2.34. The van der Waals surface area contributed by atoms with Crippen LogP contribution in [-0.4, -0.2) is 54.0 Å². The monoisotopic (exact) mass is 487 g/mol. The molecule has 2 aliphatic heterocycles. The first kappa shape index (κ1) is 25.2. The molecule has 11 heteroatoms. The molecule has 0 aliphatic carbocycles. The molecule has 3 amide bonds. The largest absolute Gasteiger partial charge is 0.384 e. The van der Waals surface area contributed by atoms with Crippen LogP contribution in [0.3, 0.4) is 0 Å². The number of amidine groups is 1. The van der Waals surface area contributed by atoms with Crippen molar-refractivity contribution < 1.29 is 24.2 Å². The van der Waals surface area contributed by atoms with Crippen molar-refractivity contribution in [3.8, 4) is 0 Å². The van der Waals surface area contributed by atoms with Gasteiger partial charge in [0.05, 0.1) is 12.0 Å². The van der Waals surface area contributed by atoms with Gasteiger partial charge in [0.25, 0.3) is 11.8 Å². The molecule has 4 rings (SSSR count). The minimum Gasteiger partial charge on any atom is -0.384 e. The van der Waals surface area contributed by atoms with Gasteiger partial charge in [-0.05, 0) is 61.9 Å². The van der Waals surface area contributed by atoms with Crippen LogP contribution in [0.5, 0.6) is 0 Å². The van der Waals surface area contributed by atoms with Crippen LogP contribution in [0.25, 0.3) is 0 Å². The SMILES string of the molecule is CC1(C)C(=O)Nc2ccc(N3CCO[C@H](C(O)C(=O)Nc4ccc(C(=N)N)cc4)C3=O)cc21.Cl. The number of nitrogen functional groups attached to an aromatic ring is 1. The lowest BCUT2D eigenvalue weighted by Crippen LogP contribution is -2.55. The molecule has 1 saturated heterocycles. The number of halogens is 1. The number of anilines is 3. The van der Waals surface area contributed by atoms with Gasteiger partial charge >= 0.3 is 0 Å². The van der Waals surface area contributed by atoms with Crippen LogP contribution in [0.1, 0.15) is 25.0 Å². The molecule has 0 spiro atoms. The van der Waals surface area contributed by atoms with Gasteiger partial charge in [-0.1, -0.05) is 0 Å². The zero-order chi connectivity index (χ0) is 23.9. The summed E-state index contributed by atoms with van der Waals surface area (Å²) in [6.07, 6.45) is -3.11. The van der Waals surface area contributed by atoms with E-state index >= 15 is 0 Å². The van der Waals surface area contributed by atoms with E-state index < -0.39 is 29.4 Å². The normalized spacial score (nSPS) is 19.5. The molecule has 6 N–H and O–H groups in total. The van der Waals surface area contributed by atoms with E-state index in [9.17, 15) is 19.5 Å². The number of aliphatic hydroxyl groups is 1. The molecule has 0 bridgehead atoms. The van der Waals surface area contributed by atoms with E-state index in [1.807, 2.05) is 0 Å². The Kier molecular flexibility index (Phi) is 6.97. The van der Waals surface area contributed by atoms with E-state index in [-0.39, 0.29) is 37.3 Å². The number of aliphatic hydroxyl groups excluding tert-OH is 1. The fourth-order valence-corrected chi connectivity index (χ4v) is 3.90. The molecule has 10 nitrogen and oxygen atoms in total. The number of rotatable bonds is 5. The van der Waals surface area contributed by atoms with Crippen LogP contribution in [-0.2, 0) is 24.5 Å². The van der Waals surface area contributed by atoms with Gasteiger partial charge in [-0.3, -0.25) is 19.8 Å². The van der Waals surface area contributed by atoms with Gasteiger partial charge in [-0.2, -0.15) is 0 Å². The summed E-state index contributed by atoms with van der Waals surface area (Å²) in [6.45, 7) is 3.99. The Morgan fingerprint density at radius 3 is 2.59 bits per heavy atom. The van der Waals surface area contributed by atoms with Gasteiger partial charge in [-0.15, -0.1) is 12.4 Å². The highest BCUT2D eigenvalue weighted by atomic mass is 35.5.